The van der Waals surface area contributed by atoms with E-state index in [0.717, 1.165) is 29.8 Å². The van der Waals surface area contributed by atoms with E-state index in [1.165, 1.54) is 12.8 Å². The lowest BCUT2D eigenvalue weighted by Gasteiger charge is -2.24. The standard InChI is InChI=1S/C25H31NO4/c1-4-5-16-30-22-9-7-6-8-21(22)26(18-20-10-11-20)25(27)15-13-19-12-14-23(28-2)24(17-19)29-3/h6-9,12-15,17,20H,4-5,10-11,16,18H2,1-3H3/b15-13+. The molecular formula is C25H31NO4. The van der Waals surface area contributed by atoms with Crippen LogP contribution in [0.2, 0.25) is 0 Å². The summed E-state index contributed by atoms with van der Waals surface area (Å²) in [4.78, 5) is 15.0. The van der Waals surface area contributed by atoms with Crippen molar-refractivity contribution in [2.75, 3.05) is 32.3 Å². The van der Waals surface area contributed by atoms with Crippen LogP contribution in [0.4, 0.5) is 5.69 Å². The molecule has 160 valence electrons. The molecule has 0 aromatic heterocycles. The van der Waals surface area contributed by atoms with E-state index in [2.05, 4.69) is 6.92 Å². The van der Waals surface area contributed by atoms with Gasteiger partial charge >= 0.3 is 0 Å². The maximum Gasteiger partial charge on any atom is 0.251 e. The molecule has 0 saturated heterocycles. The second kappa shape index (κ2) is 10.7. The molecule has 1 aliphatic rings. The first-order valence-corrected chi connectivity index (χ1v) is 10.6. The molecule has 0 aliphatic heterocycles. The van der Waals surface area contributed by atoms with Gasteiger partial charge in [0.25, 0.3) is 5.91 Å². The van der Waals surface area contributed by atoms with E-state index < -0.39 is 0 Å². The fourth-order valence-electron chi connectivity index (χ4n) is 3.21. The number of hydrogen-bond donors (Lipinski definition) is 0. The molecule has 1 saturated carbocycles. The lowest BCUT2D eigenvalue weighted by atomic mass is 10.1. The summed E-state index contributed by atoms with van der Waals surface area (Å²) >= 11 is 0. The molecule has 0 N–H and O–H groups in total. The van der Waals surface area contributed by atoms with Crippen LogP contribution in [0.5, 0.6) is 17.2 Å². The number of carbonyl (C=O) groups is 1. The number of ether oxygens (including phenoxy) is 3. The summed E-state index contributed by atoms with van der Waals surface area (Å²) in [7, 11) is 3.20. The van der Waals surface area contributed by atoms with Gasteiger partial charge in [0.05, 0.1) is 26.5 Å². The first-order chi connectivity index (χ1) is 14.7. The minimum Gasteiger partial charge on any atom is -0.493 e. The van der Waals surface area contributed by atoms with E-state index in [-0.39, 0.29) is 5.91 Å². The topological polar surface area (TPSA) is 48.0 Å². The molecule has 2 aromatic carbocycles. The third-order valence-electron chi connectivity index (χ3n) is 5.14. The second-order valence-corrected chi connectivity index (χ2v) is 7.51. The SMILES string of the molecule is CCCCOc1ccccc1N(CC1CC1)C(=O)/C=C/c1ccc(OC)c(OC)c1. The number of unbranched alkanes of at least 4 members (excludes halogenated alkanes) is 1. The Bertz CT molecular complexity index is 873. The molecule has 1 aliphatic carbocycles. The minimum absolute atomic E-state index is 0.0526. The smallest absolute Gasteiger partial charge is 0.251 e. The molecule has 0 atom stereocenters. The highest BCUT2D eigenvalue weighted by Crippen LogP contribution is 2.35. The van der Waals surface area contributed by atoms with Gasteiger partial charge in [-0.3, -0.25) is 4.79 Å². The lowest BCUT2D eigenvalue weighted by Crippen LogP contribution is -2.31. The van der Waals surface area contributed by atoms with E-state index >= 15 is 0 Å². The molecule has 0 bridgehead atoms. The third-order valence-corrected chi connectivity index (χ3v) is 5.14. The van der Waals surface area contributed by atoms with Gasteiger partial charge in [0.15, 0.2) is 11.5 Å². The number of amides is 1. The van der Waals surface area contributed by atoms with Crippen LogP contribution in [-0.2, 0) is 4.79 Å². The predicted molar refractivity (Wildman–Crippen MR) is 121 cm³/mol. The Hall–Kier alpha value is -2.95. The number of hydrogen-bond acceptors (Lipinski definition) is 4. The van der Waals surface area contributed by atoms with Crippen molar-refractivity contribution in [2.24, 2.45) is 5.92 Å². The monoisotopic (exact) mass is 409 g/mol. The van der Waals surface area contributed by atoms with Gasteiger partial charge in [0.2, 0.25) is 0 Å². The van der Waals surface area contributed by atoms with Crippen LogP contribution in [0.1, 0.15) is 38.2 Å². The predicted octanol–water partition coefficient (Wildman–Crippen LogP) is 5.34. The zero-order chi connectivity index (χ0) is 21.3. The molecule has 0 heterocycles. The Morgan fingerprint density at radius 2 is 1.83 bits per heavy atom. The average Bonchev–Trinajstić information content (AvgIpc) is 3.60. The Morgan fingerprint density at radius 3 is 2.53 bits per heavy atom. The van der Waals surface area contributed by atoms with Crippen molar-refractivity contribution in [3.05, 3.63) is 54.1 Å². The van der Waals surface area contributed by atoms with Crippen LogP contribution in [0.3, 0.4) is 0 Å². The molecule has 5 heteroatoms. The van der Waals surface area contributed by atoms with Crippen molar-refractivity contribution < 1.29 is 19.0 Å². The second-order valence-electron chi connectivity index (χ2n) is 7.51. The van der Waals surface area contributed by atoms with Crippen molar-refractivity contribution in [1.82, 2.24) is 0 Å². The number of rotatable bonds is 11. The number of anilines is 1. The molecular weight excluding hydrogens is 378 g/mol. The Morgan fingerprint density at radius 1 is 1.07 bits per heavy atom. The molecule has 1 fully saturated rings. The van der Waals surface area contributed by atoms with E-state index in [0.29, 0.717) is 30.6 Å². The zero-order valence-corrected chi connectivity index (χ0v) is 18.1. The maximum atomic E-state index is 13.2. The highest BCUT2D eigenvalue weighted by atomic mass is 16.5. The van der Waals surface area contributed by atoms with Crippen LogP contribution >= 0.6 is 0 Å². The molecule has 1 amide bonds. The molecule has 2 aromatic rings. The summed E-state index contributed by atoms with van der Waals surface area (Å²) in [6.07, 6.45) is 7.83. The van der Waals surface area contributed by atoms with Crippen LogP contribution in [0, 0.1) is 5.92 Å². The Kier molecular flexibility index (Phi) is 7.77. The molecule has 30 heavy (non-hydrogen) atoms. The number of benzene rings is 2. The fourth-order valence-corrected chi connectivity index (χ4v) is 3.21. The first-order valence-electron chi connectivity index (χ1n) is 10.6. The van der Waals surface area contributed by atoms with Gasteiger partial charge in [0, 0.05) is 12.6 Å². The maximum absolute atomic E-state index is 13.2. The van der Waals surface area contributed by atoms with E-state index in [1.54, 1.807) is 20.3 Å². The summed E-state index contributed by atoms with van der Waals surface area (Å²) in [5, 5.41) is 0. The number of carbonyl (C=O) groups excluding carboxylic acids is 1. The first kappa shape index (κ1) is 21.8. The average molecular weight is 410 g/mol. The summed E-state index contributed by atoms with van der Waals surface area (Å²) in [6.45, 7) is 3.50. The van der Waals surface area contributed by atoms with Crippen LogP contribution in [0.15, 0.2) is 48.5 Å². The van der Waals surface area contributed by atoms with Gasteiger partial charge in [-0.05, 0) is 61.1 Å². The Labute approximate surface area is 179 Å². The van der Waals surface area contributed by atoms with Crippen LogP contribution < -0.4 is 19.1 Å². The summed E-state index contributed by atoms with van der Waals surface area (Å²) in [6, 6.07) is 13.4. The summed E-state index contributed by atoms with van der Waals surface area (Å²) in [5.74, 6) is 2.57. The normalized spacial score (nSPS) is 13.3. The molecule has 5 nitrogen and oxygen atoms in total. The van der Waals surface area contributed by atoms with Crippen molar-refractivity contribution >= 4 is 17.7 Å². The van der Waals surface area contributed by atoms with E-state index in [1.807, 2.05) is 53.4 Å². The van der Waals surface area contributed by atoms with Crippen LogP contribution in [0.25, 0.3) is 6.08 Å². The molecule has 0 radical (unpaired) electrons. The lowest BCUT2D eigenvalue weighted by molar-refractivity contribution is -0.114. The van der Waals surface area contributed by atoms with Gasteiger partial charge in [-0.25, -0.2) is 0 Å². The van der Waals surface area contributed by atoms with Gasteiger partial charge in [-0.1, -0.05) is 31.5 Å². The molecule has 3 rings (SSSR count). The highest BCUT2D eigenvalue weighted by Gasteiger charge is 2.28. The molecule has 0 spiro atoms. The number of nitrogens with zero attached hydrogens (tertiary/aromatic N) is 1. The third kappa shape index (κ3) is 5.78. The number of para-hydroxylation sites is 2. The highest BCUT2D eigenvalue weighted by molar-refractivity contribution is 6.04. The number of methoxy groups -OCH3 is 2. The van der Waals surface area contributed by atoms with E-state index in [9.17, 15) is 4.79 Å². The van der Waals surface area contributed by atoms with Gasteiger partial charge in [0.1, 0.15) is 5.75 Å². The van der Waals surface area contributed by atoms with Crippen molar-refractivity contribution in [3.63, 3.8) is 0 Å². The summed E-state index contributed by atoms with van der Waals surface area (Å²) < 4.78 is 16.6. The van der Waals surface area contributed by atoms with Gasteiger partial charge < -0.3 is 19.1 Å². The van der Waals surface area contributed by atoms with Crippen molar-refractivity contribution in [1.29, 1.82) is 0 Å². The van der Waals surface area contributed by atoms with Gasteiger partial charge in [-0.2, -0.15) is 0 Å². The van der Waals surface area contributed by atoms with Crippen molar-refractivity contribution in [2.45, 2.75) is 32.6 Å². The quantitative estimate of drug-likeness (QED) is 0.371. The largest absolute Gasteiger partial charge is 0.493 e. The van der Waals surface area contributed by atoms with Crippen LogP contribution in [-0.4, -0.2) is 33.3 Å². The van der Waals surface area contributed by atoms with E-state index in [4.69, 9.17) is 14.2 Å². The Balaban J connectivity index is 1.80. The van der Waals surface area contributed by atoms with Gasteiger partial charge in [-0.15, -0.1) is 0 Å². The zero-order valence-electron chi connectivity index (χ0n) is 18.1. The summed E-state index contributed by atoms with van der Waals surface area (Å²) in [5.41, 5.74) is 1.71. The fraction of sp³-hybridized carbons (Fsp3) is 0.400. The minimum atomic E-state index is -0.0526. The molecule has 0 unspecified atom stereocenters. The van der Waals surface area contributed by atoms with Crippen molar-refractivity contribution in [3.8, 4) is 17.2 Å².